The van der Waals surface area contributed by atoms with Gasteiger partial charge in [0.1, 0.15) is 5.15 Å². The molecule has 0 aliphatic rings. The van der Waals surface area contributed by atoms with Gasteiger partial charge in [0.25, 0.3) is 5.91 Å². The summed E-state index contributed by atoms with van der Waals surface area (Å²) in [6, 6.07) is 8.19. The number of amides is 1. The van der Waals surface area contributed by atoms with Gasteiger partial charge in [0.05, 0.1) is 17.8 Å². The number of halogens is 1. The zero-order chi connectivity index (χ0) is 17.7. The minimum Gasteiger partial charge on any atom is -0.385 e. The zero-order valence-electron chi connectivity index (χ0n) is 14.7. The van der Waals surface area contributed by atoms with Crippen LogP contribution in [0.15, 0.2) is 24.3 Å². The highest BCUT2D eigenvalue weighted by Gasteiger charge is 2.23. The average molecular weight is 350 g/mol. The zero-order valence-corrected chi connectivity index (χ0v) is 15.4. The van der Waals surface area contributed by atoms with Gasteiger partial charge in [-0.2, -0.15) is 5.10 Å². The second-order valence-corrected chi connectivity index (χ2v) is 6.33. The van der Waals surface area contributed by atoms with Crippen molar-refractivity contribution in [3.05, 3.63) is 51.8 Å². The Hall–Kier alpha value is -1.85. The molecule has 0 radical (unpaired) electrons. The normalized spacial score (nSPS) is 10.9. The van der Waals surface area contributed by atoms with Crippen LogP contribution >= 0.6 is 11.6 Å². The molecule has 0 unspecified atom stereocenters. The number of aryl methyl sites for hydroxylation is 2. The maximum atomic E-state index is 12.6. The van der Waals surface area contributed by atoms with E-state index in [9.17, 15) is 4.79 Å². The number of aromatic nitrogens is 2. The molecule has 2 rings (SSSR count). The Morgan fingerprint density at radius 1 is 1.29 bits per heavy atom. The highest BCUT2D eigenvalue weighted by atomic mass is 35.5. The molecule has 0 saturated heterocycles. The topological polar surface area (TPSA) is 47.4 Å². The number of carbonyl (C=O) groups is 1. The molecular weight excluding hydrogens is 326 g/mol. The lowest BCUT2D eigenvalue weighted by molar-refractivity contribution is 0.0778. The van der Waals surface area contributed by atoms with Crippen molar-refractivity contribution >= 4 is 17.5 Å². The summed E-state index contributed by atoms with van der Waals surface area (Å²) in [5.74, 6) is -0.108. The van der Waals surface area contributed by atoms with Crippen molar-refractivity contribution in [2.24, 2.45) is 0 Å². The Bertz CT molecular complexity index is 695. The Labute approximate surface area is 148 Å². The minimum atomic E-state index is -0.108. The third-order valence-corrected chi connectivity index (χ3v) is 4.31. The quantitative estimate of drug-likeness (QED) is 0.720. The maximum Gasteiger partial charge on any atom is 0.258 e. The van der Waals surface area contributed by atoms with Gasteiger partial charge in [0, 0.05) is 27.3 Å². The van der Waals surface area contributed by atoms with Crippen LogP contribution in [-0.4, -0.2) is 47.9 Å². The van der Waals surface area contributed by atoms with E-state index in [4.69, 9.17) is 16.3 Å². The van der Waals surface area contributed by atoms with Crippen molar-refractivity contribution in [2.75, 3.05) is 27.3 Å². The monoisotopic (exact) mass is 349 g/mol. The van der Waals surface area contributed by atoms with E-state index in [1.54, 1.807) is 23.7 Å². The van der Waals surface area contributed by atoms with E-state index in [1.165, 1.54) is 5.56 Å². The largest absolute Gasteiger partial charge is 0.385 e. The van der Waals surface area contributed by atoms with Crippen LogP contribution in [0.4, 0.5) is 0 Å². The lowest BCUT2D eigenvalue weighted by Crippen LogP contribution is -2.29. The summed E-state index contributed by atoms with van der Waals surface area (Å²) in [4.78, 5) is 14.3. The van der Waals surface area contributed by atoms with Crippen molar-refractivity contribution in [2.45, 2.75) is 26.8 Å². The van der Waals surface area contributed by atoms with Crippen molar-refractivity contribution in [1.82, 2.24) is 14.7 Å². The third kappa shape index (κ3) is 4.36. The first kappa shape index (κ1) is 18.5. The lowest BCUT2D eigenvalue weighted by atomic mass is 10.1. The van der Waals surface area contributed by atoms with Gasteiger partial charge in [-0.3, -0.25) is 4.79 Å². The summed E-state index contributed by atoms with van der Waals surface area (Å²) in [6.07, 6.45) is 0.785. The Kier molecular flexibility index (Phi) is 6.40. The van der Waals surface area contributed by atoms with Crippen molar-refractivity contribution in [3.8, 4) is 0 Å². The van der Waals surface area contributed by atoms with Crippen molar-refractivity contribution in [3.63, 3.8) is 0 Å². The molecule has 0 aliphatic heterocycles. The average Bonchev–Trinajstić information content (AvgIpc) is 2.83. The molecule has 0 spiro atoms. The van der Waals surface area contributed by atoms with Crippen molar-refractivity contribution < 1.29 is 9.53 Å². The number of carbonyl (C=O) groups excluding carboxylic acids is 1. The van der Waals surface area contributed by atoms with Crippen LogP contribution in [-0.2, 0) is 11.3 Å². The molecule has 1 amide bonds. The van der Waals surface area contributed by atoms with Gasteiger partial charge in [-0.1, -0.05) is 41.4 Å². The van der Waals surface area contributed by atoms with Gasteiger partial charge in [-0.15, -0.1) is 0 Å². The van der Waals surface area contributed by atoms with Gasteiger partial charge in [0.2, 0.25) is 0 Å². The number of methoxy groups -OCH3 is 1. The molecule has 2 aromatic rings. The molecule has 0 aliphatic carbocycles. The van der Waals surface area contributed by atoms with Crippen molar-refractivity contribution in [1.29, 1.82) is 0 Å². The fourth-order valence-corrected chi connectivity index (χ4v) is 2.82. The van der Waals surface area contributed by atoms with E-state index in [2.05, 4.69) is 17.2 Å². The fourth-order valence-electron chi connectivity index (χ4n) is 2.51. The molecule has 0 saturated carbocycles. The molecule has 0 N–H and O–H groups in total. The second-order valence-electron chi connectivity index (χ2n) is 5.97. The fraction of sp³-hybridized carbons (Fsp3) is 0.444. The third-order valence-electron chi connectivity index (χ3n) is 3.92. The molecule has 130 valence electrons. The number of rotatable bonds is 7. The Morgan fingerprint density at radius 3 is 2.58 bits per heavy atom. The summed E-state index contributed by atoms with van der Waals surface area (Å²) in [5, 5.41) is 4.83. The van der Waals surface area contributed by atoms with Crippen LogP contribution < -0.4 is 0 Å². The predicted octanol–water partition coefficient (Wildman–Crippen LogP) is 3.31. The van der Waals surface area contributed by atoms with Crippen LogP contribution in [0, 0.1) is 13.8 Å². The van der Waals surface area contributed by atoms with E-state index < -0.39 is 0 Å². The smallest absolute Gasteiger partial charge is 0.258 e. The first-order valence-corrected chi connectivity index (χ1v) is 8.34. The number of nitrogens with zero attached hydrogens (tertiary/aromatic N) is 3. The summed E-state index contributed by atoms with van der Waals surface area (Å²) in [5.41, 5.74) is 3.42. The van der Waals surface area contributed by atoms with E-state index >= 15 is 0 Å². The Morgan fingerprint density at radius 2 is 1.96 bits per heavy atom. The Balaban J connectivity index is 2.15. The lowest BCUT2D eigenvalue weighted by Gasteiger charge is -2.16. The highest BCUT2D eigenvalue weighted by molar-refractivity contribution is 6.33. The number of hydrogen-bond acceptors (Lipinski definition) is 3. The van der Waals surface area contributed by atoms with Crippen LogP contribution in [0.1, 0.15) is 33.6 Å². The summed E-state index contributed by atoms with van der Waals surface area (Å²) in [6.45, 7) is 5.64. The molecule has 1 aromatic heterocycles. The molecule has 5 nitrogen and oxygen atoms in total. The predicted molar refractivity (Wildman–Crippen MR) is 95.7 cm³/mol. The van der Waals surface area contributed by atoms with Gasteiger partial charge in [-0.25, -0.2) is 4.68 Å². The first-order chi connectivity index (χ1) is 11.4. The molecule has 1 aromatic carbocycles. The molecule has 1 heterocycles. The van der Waals surface area contributed by atoms with Gasteiger partial charge >= 0.3 is 0 Å². The highest BCUT2D eigenvalue weighted by Crippen LogP contribution is 2.22. The molecule has 0 atom stereocenters. The van der Waals surface area contributed by atoms with E-state index in [1.807, 2.05) is 26.0 Å². The molecule has 0 fully saturated rings. The summed E-state index contributed by atoms with van der Waals surface area (Å²) in [7, 11) is 3.42. The van der Waals surface area contributed by atoms with E-state index in [0.717, 1.165) is 12.0 Å². The second kappa shape index (κ2) is 8.31. The van der Waals surface area contributed by atoms with Crippen LogP contribution in [0.25, 0.3) is 0 Å². The summed E-state index contributed by atoms with van der Waals surface area (Å²) < 4.78 is 6.70. The maximum absolute atomic E-state index is 12.6. The number of ether oxygens (including phenoxy) is 1. The minimum absolute atomic E-state index is 0.108. The summed E-state index contributed by atoms with van der Waals surface area (Å²) >= 11 is 6.44. The standard InChI is InChI=1S/C18H24ClN3O2/c1-13-6-8-15(9-7-13)12-22-17(19)16(14(2)20-22)18(23)21(3)10-5-11-24-4/h6-9H,5,10-12H2,1-4H3. The van der Waals surface area contributed by atoms with E-state index in [0.29, 0.717) is 36.1 Å². The molecular formula is C18H24ClN3O2. The number of hydrogen-bond donors (Lipinski definition) is 0. The van der Waals surface area contributed by atoms with Crippen LogP contribution in [0.5, 0.6) is 0 Å². The molecule has 6 heteroatoms. The van der Waals surface area contributed by atoms with Gasteiger partial charge in [-0.05, 0) is 25.8 Å². The van der Waals surface area contributed by atoms with Crippen LogP contribution in [0.3, 0.4) is 0 Å². The van der Waals surface area contributed by atoms with Gasteiger partial charge in [0.15, 0.2) is 0 Å². The van der Waals surface area contributed by atoms with Crippen LogP contribution in [0.2, 0.25) is 5.15 Å². The van der Waals surface area contributed by atoms with E-state index in [-0.39, 0.29) is 5.91 Å². The number of benzene rings is 1. The molecule has 0 bridgehead atoms. The first-order valence-electron chi connectivity index (χ1n) is 7.97. The SMILES string of the molecule is COCCCN(C)C(=O)c1c(C)nn(Cc2ccc(C)cc2)c1Cl. The van der Waals surface area contributed by atoms with Gasteiger partial charge < -0.3 is 9.64 Å². The molecule has 24 heavy (non-hydrogen) atoms.